The van der Waals surface area contributed by atoms with Crippen LogP contribution in [0.4, 0.5) is 0 Å². The lowest BCUT2D eigenvalue weighted by Crippen LogP contribution is -2.73. The highest BCUT2D eigenvalue weighted by Crippen LogP contribution is 2.17. The van der Waals surface area contributed by atoms with Crippen LogP contribution in [0, 0.1) is 0 Å². The Morgan fingerprint density at radius 2 is 1.54 bits per heavy atom. The molecule has 0 radical (unpaired) electrons. The number of rotatable bonds is 4. The summed E-state index contributed by atoms with van der Waals surface area (Å²) in [5.41, 5.74) is 0.224. The molecule has 0 spiro atoms. The summed E-state index contributed by atoms with van der Waals surface area (Å²) < 4.78 is 2.53. The van der Waals surface area contributed by atoms with Crippen molar-refractivity contribution in [1.29, 1.82) is 0 Å². The van der Waals surface area contributed by atoms with Gasteiger partial charge in [0.25, 0.3) is 8.56 Å². The summed E-state index contributed by atoms with van der Waals surface area (Å²) in [6.45, 7) is 12.4. The van der Waals surface area contributed by atoms with Crippen molar-refractivity contribution in [3.8, 4) is 0 Å². The third-order valence-electron chi connectivity index (χ3n) is 2.64. The van der Waals surface area contributed by atoms with Crippen molar-refractivity contribution >= 4 is 8.56 Å². The summed E-state index contributed by atoms with van der Waals surface area (Å²) in [5, 5.41) is 0. The largest absolute Gasteiger partial charge is 0.316 e. The second-order valence-corrected chi connectivity index (χ2v) is 8.17. The first-order valence-corrected chi connectivity index (χ1v) is 7.42. The van der Waals surface area contributed by atoms with Crippen LogP contribution >= 0.6 is 0 Å². The van der Waals surface area contributed by atoms with Crippen molar-refractivity contribution in [3.63, 3.8) is 0 Å². The Kier molecular flexibility index (Phi) is 4.58. The Bertz CT molecular complexity index is 149. The van der Waals surface area contributed by atoms with E-state index >= 15 is 0 Å². The van der Waals surface area contributed by atoms with Gasteiger partial charge in [0.15, 0.2) is 0 Å². The lowest BCUT2D eigenvalue weighted by Gasteiger charge is -2.46. The normalized spacial score (nSPS) is 13.8. The Hall–Kier alpha value is 0.0969. The van der Waals surface area contributed by atoms with Gasteiger partial charge in [-0.15, -0.1) is 0 Å². The van der Waals surface area contributed by atoms with Gasteiger partial charge in [-0.2, -0.15) is 0 Å². The first-order valence-electron chi connectivity index (χ1n) is 4.97. The van der Waals surface area contributed by atoms with Gasteiger partial charge in [0.2, 0.25) is 0 Å². The number of hydrogen-bond donors (Lipinski definition) is 2. The zero-order chi connectivity index (χ0) is 10.7. The van der Waals surface area contributed by atoms with E-state index in [1.807, 2.05) is 14.1 Å². The minimum atomic E-state index is -1.63. The lowest BCUT2D eigenvalue weighted by atomic mass is 10.1. The van der Waals surface area contributed by atoms with Crippen molar-refractivity contribution in [2.45, 2.75) is 39.8 Å². The predicted molar refractivity (Wildman–Crippen MR) is 61.9 cm³/mol. The molecule has 0 aromatic rings. The monoisotopic (exact) mass is 203 g/mol. The third-order valence-corrected chi connectivity index (χ3v) is 6.65. The van der Waals surface area contributed by atoms with E-state index in [2.05, 4.69) is 48.8 Å². The molecule has 0 aromatic heterocycles. The summed E-state index contributed by atoms with van der Waals surface area (Å²) in [4.78, 5) is 6.88. The van der Waals surface area contributed by atoms with Crippen molar-refractivity contribution in [1.82, 2.24) is 14.5 Å². The number of hydrogen-bond acceptors (Lipinski definition) is 3. The second kappa shape index (κ2) is 4.55. The van der Waals surface area contributed by atoms with Gasteiger partial charge >= 0.3 is 0 Å². The van der Waals surface area contributed by atoms with Gasteiger partial charge < -0.3 is 9.96 Å². The first kappa shape index (κ1) is 13.1. The summed E-state index contributed by atoms with van der Waals surface area (Å²) in [5.74, 6) is 0. The Morgan fingerprint density at radius 3 is 1.62 bits per heavy atom. The van der Waals surface area contributed by atoms with Gasteiger partial charge in [-0.3, -0.25) is 4.57 Å². The van der Waals surface area contributed by atoms with Crippen LogP contribution in [0.25, 0.3) is 0 Å². The van der Waals surface area contributed by atoms with E-state index in [-0.39, 0.29) is 5.54 Å². The van der Waals surface area contributed by atoms with Crippen LogP contribution in [0.5, 0.6) is 0 Å². The lowest BCUT2D eigenvalue weighted by molar-refractivity contribution is 0.240. The maximum atomic E-state index is 3.44. The Balaban J connectivity index is 4.74. The van der Waals surface area contributed by atoms with Crippen LogP contribution in [-0.4, -0.2) is 39.3 Å². The molecular weight excluding hydrogens is 178 g/mol. The molecule has 0 aliphatic heterocycles. The molecule has 13 heavy (non-hydrogen) atoms. The molecule has 2 N–H and O–H groups in total. The fourth-order valence-corrected chi connectivity index (χ4v) is 4.62. The van der Waals surface area contributed by atoms with E-state index in [1.165, 1.54) is 0 Å². The van der Waals surface area contributed by atoms with E-state index in [9.17, 15) is 0 Å². The van der Waals surface area contributed by atoms with E-state index in [4.69, 9.17) is 0 Å². The van der Waals surface area contributed by atoms with Crippen LogP contribution in [0.15, 0.2) is 0 Å². The Labute approximate surface area is 84.1 Å². The smallest absolute Gasteiger partial charge is 0.280 e. The molecule has 0 bridgehead atoms. The average molecular weight is 203 g/mol. The average Bonchev–Trinajstić information content (AvgIpc) is 2.02. The molecule has 80 valence electrons. The molecule has 4 heteroatoms. The third kappa shape index (κ3) is 3.05. The predicted octanol–water partition coefficient (Wildman–Crippen LogP) is 1.11. The number of nitrogens with one attached hydrogen (secondary N) is 2. The summed E-state index contributed by atoms with van der Waals surface area (Å²) in [7, 11) is 2.45. The molecule has 0 fully saturated rings. The summed E-state index contributed by atoms with van der Waals surface area (Å²) in [6, 6.07) is 0. The van der Waals surface area contributed by atoms with Crippen LogP contribution in [0.1, 0.15) is 27.7 Å². The standard InChI is InChI=1S/C9H25N3Si/c1-8-12(9(2,3)4)13(7,10-5)11-6/h10-11H,8H2,1-7H3. The van der Waals surface area contributed by atoms with Gasteiger partial charge in [0.05, 0.1) is 0 Å². The Morgan fingerprint density at radius 1 is 1.15 bits per heavy atom. The molecule has 0 aromatic carbocycles. The molecule has 0 unspecified atom stereocenters. The van der Waals surface area contributed by atoms with Crippen molar-refractivity contribution in [2.24, 2.45) is 0 Å². The van der Waals surface area contributed by atoms with E-state index in [0.717, 1.165) is 6.54 Å². The van der Waals surface area contributed by atoms with E-state index < -0.39 is 8.56 Å². The molecule has 0 rings (SSSR count). The van der Waals surface area contributed by atoms with Crippen LogP contribution in [0.3, 0.4) is 0 Å². The van der Waals surface area contributed by atoms with Crippen LogP contribution in [-0.2, 0) is 0 Å². The molecule has 0 atom stereocenters. The number of nitrogens with zero attached hydrogens (tertiary/aromatic N) is 1. The quantitative estimate of drug-likeness (QED) is 0.671. The molecule has 3 nitrogen and oxygen atoms in total. The van der Waals surface area contributed by atoms with Crippen LogP contribution < -0.4 is 9.96 Å². The van der Waals surface area contributed by atoms with Crippen molar-refractivity contribution in [2.75, 3.05) is 20.6 Å². The van der Waals surface area contributed by atoms with E-state index in [1.54, 1.807) is 0 Å². The zero-order valence-corrected chi connectivity index (χ0v) is 11.2. The summed E-state index contributed by atoms with van der Waals surface area (Å²) in [6.07, 6.45) is 0. The maximum absolute atomic E-state index is 3.44. The molecule has 0 aliphatic carbocycles. The fourth-order valence-electron chi connectivity index (χ4n) is 1.86. The van der Waals surface area contributed by atoms with Crippen LogP contribution in [0.2, 0.25) is 6.55 Å². The molecule has 0 amide bonds. The van der Waals surface area contributed by atoms with Gasteiger partial charge in [-0.25, -0.2) is 0 Å². The SMILES string of the molecule is CCN(C(C)(C)C)[Si](C)(NC)NC. The first-order chi connectivity index (χ1) is 5.81. The highest BCUT2D eigenvalue weighted by molar-refractivity contribution is 6.71. The highest BCUT2D eigenvalue weighted by Gasteiger charge is 2.38. The maximum Gasteiger partial charge on any atom is 0.280 e. The summed E-state index contributed by atoms with van der Waals surface area (Å²) >= 11 is 0. The minimum Gasteiger partial charge on any atom is -0.316 e. The second-order valence-electron chi connectivity index (χ2n) is 4.49. The highest BCUT2D eigenvalue weighted by atomic mass is 28.4. The molecule has 0 aliphatic rings. The zero-order valence-electron chi connectivity index (χ0n) is 10.2. The van der Waals surface area contributed by atoms with Gasteiger partial charge in [-0.05, 0) is 48.0 Å². The van der Waals surface area contributed by atoms with Crippen molar-refractivity contribution in [3.05, 3.63) is 0 Å². The van der Waals surface area contributed by atoms with Crippen molar-refractivity contribution < 1.29 is 0 Å². The van der Waals surface area contributed by atoms with Gasteiger partial charge in [-0.1, -0.05) is 6.92 Å². The molecule has 0 saturated carbocycles. The fraction of sp³-hybridized carbons (Fsp3) is 1.00. The molecule has 0 heterocycles. The van der Waals surface area contributed by atoms with Gasteiger partial charge in [0, 0.05) is 5.54 Å². The van der Waals surface area contributed by atoms with E-state index in [0.29, 0.717) is 0 Å². The molecule has 0 saturated heterocycles. The minimum absolute atomic E-state index is 0.224. The van der Waals surface area contributed by atoms with Gasteiger partial charge in [0.1, 0.15) is 0 Å². The topological polar surface area (TPSA) is 27.3 Å². The molecular formula is C9H25N3Si.